The van der Waals surface area contributed by atoms with Gasteiger partial charge in [0.1, 0.15) is 11.6 Å². The van der Waals surface area contributed by atoms with Crippen LogP contribution in [0.2, 0.25) is 0 Å². The molecule has 3 heterocycles. The number of ether oxygens (including phenoxy) is 3. The molecule has 0 radical (unpaired) electrons. The van der Waals surface area contributed by atoms with Crippen LogP contribution in [0.5, 0.6) is 17.4 Å². The number of hydrogen-bond acceptors (Lipinski definition) is 8. The molecule has 0 unspecified atom stereocenters. The van der Waals surface area contributed by atoms with Crippen LogP contribution >= 0.6 is 0 Å². The van der Waals surface area contributed by atoms with Crippen molar-refractivity contribution in [2.24, 2.45) is 5.73 Å². The predicted molar refractivity (Wildman–Crippen MR) is 103 cm³/mol. The van der Waals surface area contributed by atoms with Crippen molar-refractivity contribution in [3.8, 4) is 34.7 Å². The van der Waals surface area contributed by atoms with E-state index in [1.807, 2.05) is 6.07 Å². The van der Waals surface area contributed by atoms with Crippen molar-refractivity contribution in [3.63, 3.8) is 0 Å². The lowest BCUT2D eigenvalue weighted by atomic mass is 9.83. The molecule has 2 aliphatic heterocycles. The van der Waals surface area contributed by atoms with Crippen LogP contribution in [0.1, 0.15) is 17.0 Å². The van der Waals surface area contributed by atoms with Crippen LogP contribution < -0.4 is 19.9 Å². The zero-order valence-corrected chi connectivity index (χ0v) is 15.3. The van der Waals surface area contributed by atoms with E-state index < -0.39 is 10.8 Å². The van der Waals surface area contributed by atoms with Gasteiger partial charge in [-0.2, -0.15) is 5.26 Å². The summed E-state index contributed by atoms with van der Waals surface area (Å²) in [6, 6.07) is 13.5. The number of rotatable bonds is 3. The average Bonchev–Trinajstić information content (AvgIpc) is 3.38. The number of aromatic amines is 1. The molecule has 1 atom stereocenters. The summed E-state index contributed by atoms with van der Waals surface area (Å²) in [5.41, 5.74) is 8.73. The third kappa shape index (κ3) is 2.61. The molecule has 3 N–H and O–H groups in total. The van der Waals surface area contributed by atoms with Gasteiger partial charge in [0.05, 0.1) is 22.1 Å². The van der Waals surface area contributed by atoms with Crippen LogP contribution in [-0.4, -0.2) is 21.9 Å². The Hall–Kier alpha value is -4.52. The smallest absolute Gasteiger partial charge is 0.269 e. The standard InChI is InChI=1S/C20H13N5O5/c21-8-13-16(10-1-4-12(5-2-10)25(26)27)17-18(23-24-20(17)30-19(13)22)11-3-6-14-15(7-11)29-9-28-14/h1-7,16H,9,22H2,(H,23,24)/t16-/m1/s1. The maximum atomic E-state index is 11.0. The van der Waals surface area contributed by atoms with E-state index in [9.17, 15) is 15.4 Å². The maximum absolute atomic E-state index is 11.0. The first kappa shape index (κ1) is 17.6. The summed E-state index contributed by atoms with van der Waals surface area (Å²) in [6.07, 6.45) is 0. The summed E-state index contributed by atoms with van der Waals surface area (Å²) >= 11 is 0. The number of nitro benzene ring substituents is 1. The highest BCUT2D eigenvalue weighted by Crippen LogP contribution is 2.47. The minimum absolute atomic E-state index is 0.0512. The first-order valence-electron chi connectivity index (χ1n) is 8.87. The fourth-order valence-electron chi connectivity index (χ4n) is 3.64. The molecule has 148 valence electrons. The van der Waals surface area contributed by atoms with Crippen molar-refractivity contribution < 1.29 is 19.1 Å². The molecule has 1 aromatic heterocycles. The lowest BCUT2D eigenvalue weighted by Gasteiger charge is -2.24. The Morgan fingerprint density at radius 1 is 1.20 bits per heavy atom. The lowest BCUT2D eigenvalue weighted by molar-refractivity contribution is -0.384. The number of non-ortho nitro benzene ring substituents is 1. The minimum atomic E-state index is -0.612. The second kappa shape index (κ2) is 6.52. The Kier molecular flexibility index (Phi) is 3.82. The Bertz CT molecular complexity index is 1260. The van der Waals surface area contributed by atoms with Crippen molar-refractivity contribution in [2.45, 2.75) is 5.92 Å². The maximum Gasteiger partial charge on any atom is 0.269 e. The van der Waals surface area contributed by atoms with Gasteiger partial charge in [-0.25, -0.2) is 0 Å². The normalized spacial score (nSPS) is 16.6. The second-order valence-electron chi connectivity index (χ2n) is 6.66. The molecule has 0 saturated carbocycles. The Morgan fingerprint density at radius 2 is 1.97 bits per heavy atom. The molecule has 0 bridgehead atoms. The fourth-order valence-corrected chi connectivity index (χ4v) is 3.64. The number of nitriles is 1. The van der Waals surface area contributed by atoms with Gasteiger partial charge in [-0.3, -0.25) is 15.2 Å². The van der Waals surface area contributed by atoms with Gasteiger partial charge < -0.3 is 19.9 Å². The van der Waals surface area contributed by atoms with Gasteiger partial charge in [0.25, 0.3) is 5.69 Å². The Balaban J connectivity index is 1.67. The van der Waals surface area contributed by atoms with E-state index in [2.05, 4.69) is 16.3 Å². The SMILES string of the molecule is N#CC1=C(N)Oc2n[nH]c(-c3ccc4c(c3)OCO4)c2[C@@H]1c1ccc([N+](=O)[O-])cc1. The number of benzene rings is 2. The van der Waals surface area contributed by atoms with Gasteiger partial charge in [0, 0.05) is 17.7 Å². The topological polar surface area (TPSA) is 149 Å². The van der Waals surface area contributed by atoms with Crippen LogP contribution in [0.4, 0.5) is 5.69 Å². The highest BCUT2D eigenvalue weighted by molar-refractivity contribution is 5.73. The highest BCUT2D eigenvalue weighted by atomic mass is 16.7. The number of allylic oxidation sites excluding steroid dienone is 1. The summed E-state index contributed by atoms with van der Waals surface area (Å²) in [5, 5.41) is 27.9. The van der Waals surface area contributed by atoms with Crippen molar-refractivity contribution >= 4 is 5.69 Å². The quantitative estimate of drug-likeness (QED) is 0.501. The van der Waals surface area contributed by atoms with E-state index in [4.69, 9.17) is 19.9 Å². The Morgan fingerprint density at radius 3 is 2.70 bits per heavy atom. The molecule has 0 aliphatic carbocycles. The van der Waals surface area contributed by atoms with Crippen LogP contribution in [0.15, 0.2) is 53.9 Å². The zero-order valence-electron chi connectivity index (χ0n) is 15.3. The average molecular weight is 403 g/mol. The largest absolute Gasteiger partial charge is 0.454 e. The molecule has 0 fully saturated rings. The van der Waals surface area contributed by atoms with Crippen LogP contribution in [-0.2, 0) is 0 Å². The number of fused-ring (bicyclic) bond motifs is 2. The number of nitrogens with zero attached hydrogens (tertiary/aromatic N) is 3. The molecule has 3 aromatic rings. The summed E-state index contributed by atoms with van der Waals surface area (Å²) in [5.74, 6) is 0.797. The van der Waals surface area contributed by atoms with E-state index in [0.717, 1.165) is 5.56 Å². The van der Waals surface area contributed by atoms with Crippen LogP contribution in [0.3, 0.4) is 0 Å². The van der Waals surface area contributed by atoms with Crippen molar-refractivity contribution in [2.75, 3.05) is 6.79 Å². The third-order valence-corrected chi connectivity index (χ3v) is 5.04. The van der Waals surface area contributed by atoms with Gasteiger partial charge in [-0.1, -0.05) is 12.1 Å². The zero-order chi connectivity index (χ0) is 20.8. The molecular formula is C20H13N5O5. The molecule has 0 amide bonds. The number of H-pyrrole nitrogens is 1. The lowest BCUT2D eigenvalue weighted by Crippen LogP contribution is -2.21. The van der Waals surface area contributed by atoms with Gasteiger partial charge in [0.15, 0.2) is 11.5 Å². The predicted octanol–water partition coefficient (Wildman–Crippen LogP) is 2.93. The number of nitrogens with one attached hydrogen (secondary N) is 1. The molecule has 5 rings (SSSR count). The first-order chi connectivity index (χ1) is 14.6. The first-order valence-corrected chi connectivity index (χ1v) is 8.87. The summed E-state index contributed by atoms with van der Waals surface area (Å²) in [6.45, 7) is 0.145. The summed E-state index contributed by atoms with van der Waals surface area (Å²) in [4.78, 5) is 10.5. The molecule has 0 spiro atoms. The van der Waals surface area contributed by atoms with Crippen molar-refractivity contribution in [1.29, 1.82) is 5.26 Å². The van der Waals surface area contributed by atoms with Crippen molar-refractivity contribution in [3.05, 3.63) is 75.2 Å². The van der Waals surface area contributed by atoms with E-state index in [-0.39, 0.29) is 29.8 Å². The molecule has 30 heavy (non-hydrogen) atoms. The van der Waals surface area contributed by atoms with Gasteiger partial charge in [0.2, 0.25) is 18.6 Å². The van der Waals surface area contributed by atoms with E-state index in [1.165, 1.54) is 12.1 Å². The van der Waals surface area contributed by atoms with Gasteiger partial charge in [-0.05, 0) is 23.8 Å². The van der Waals surface area contributed by atoms with Gasteiger partial charge >= 0.3 is 0 Å². The number of nitrogens with two attached hydrogens (primary N) is 1. The van der Waals surface area contributed by atoms with E-state index in [0.29, 0.717) is 28.3 Å². The van der Waals surface area contributed by atoms with E-state index >= 15 is 0 Å². The minimum Gasteiger partial charge on any atom is -0.454 e. The fraction of sp³-hybridized carbons (Fsp3) is 0.100. The third-order valence-electron chi connectivity index (χ3n) is 5.04. The van der Waals surface area contributed by atoms with Gasteiger partial charge in [-0.15, -0.1) is 5.10 Å². The summed E-state index contributed by atoms with van der Waals surface area (Å²) < 4.78 is 16.4. The summed E-state index contributed by atoms with van der Waals surface area (Å²) in [7, 11) is 0. The number of nitro groups is 1. The number of hydrogen-bond donors (Lipinski definition) is 2. The molecule has 2 aromatic carbocycles. The molecule has 10 heteroatoms. The Labute approximate surface area is 169 Å². The van der Waals surface area contributed by atoms with Crippen LogP contribution in [0, 0.1) is 21.4 Å². The molecule has 10 nitrogen and oxygen atoms in total. The molecule has 2 aliphatic rings. The van der Waals surface area contributed by atoms with Crippen LogP contribution in [0.25, 0.3) is 11.3 Å². The molecule has 0 saturated heterocycles. The second-order valence-corrected chi connectivity index (χ2v) is 6.66. The monoisotopic (exact) mass is 403 g/mol. The number of aromatic nitrogens is 2. The van der Waals surface area contributed by atoms with Crippen molar-refractivity contribution in [1.82, 2.24) is 10.2 Å². The van der Waals surface area contributed by atoms with E-state index in [1.54, 1.807) is 24.3 Å². The highest BCUT2D eigenvalue weighted by Gasteiger charge is 2.36. The molecular weight excluding hydrogens is 390 g/mol.